The Morgan fingerprint density at radius 2 is 1.94 bits per heavy atom. The summed E-state index contributed by atoms with van der Waals surface area (Å²) in [6.07, 6.45) is 2.53. The molecule has 15 nitrogen and oxygen atoms in total. The lowest BCUT2D eigenvalue weighted by Gasteiger charge is -2.27. The van der Waals surface area contributed by atoms with E-state index < -0.39 is 50.4 Å². The number of hydrogen-bond acceptors (Lipinski definition) is 13. The van der Waals surface area contributed by atoms with E-state index in [-0.39, 0.29) is 42.0 Å². The fourth-order valence-corrected chi connectivity index (χ4v) is 6.80. The van der Waals surface area contributed by atoms with Gasteiger partial charge in [-0.05, 0) is 44.6 Å². The number of nitrogens with zero attached hydrogens (tertiary/aromatic N) is 4. The molecule has 1 aliphatic heterocycles. The molecule has 1 fully saturated rings. The molecule has 2 aromatic carbocycles. The molecule has 16 heteroatoms. The van der Waals surface area contributed by atoms with Crippen molar-refractivity contribution in [2.24, 2.45) is 0 Å². The molecule has 49 heavy (non-hydrogen) atoms. The Balaban J connectivity index is 1.38. The van der Waals surface area contributed by atoms with Gasteiger partial charge >= 0.3 is 13.7 Å². The van der Waals surface area contributed by atoms with Crippen LogP contribution in [0.1, 0.15) is 39.3 Å². The molecule has 5 rings (SSSR count). The molecule has 2 aromatic heterocycles. The van der Waals surface area contributed by atoms with Crippen LogP contribution in [-0.2, 0) is 23.4 Å². The summed E-state index contributed by atoms with van der Waals surface area (Å²) < 4.78 is 44.7. The molecule has 1 saturated heterocycles. The van der Waals surface area contributed by atoms with Crippen molar-refractivity contribution in [3.05, 3.63) is 74.1 Å². The minimum atomic E-state index is -4.39. The van der Waals surface area contributed by atoms with Crippen LogP contribution in [0.25, 0.3) is 21.9 Å². The van der Waals surface area contributed by atoms with Crippen molar-refractivity contribution >= 4 is 41.6 Å². The van der Waals surface area contributed by atoms with Crippen molar-refractivity contribution < 1.29 is 42.8 Å². The number of aliphatic hydroxyl groups is 2. The van der Waals surface area contributed by atoms with Crippen LogP contribution >= 0.6 is 7.75 Å². The Hall–Kier alpha value is -4.37. The molecule has 3 heterocycles. The van der Waals surface area contributed by atoms with E-state index in [1.165, 1.54) is 24.7 Å². The second kappa shape index (κ2) is 15.5. The fourth-order valence-electron chi connectivity index (χ4n) is 5.28. The number of carbonyl (C=O) groups is 1. The summed E-state index contributed by atoms with van der Waals surface area (Å²) in [7, 11) is -4.39. The third-order valence-corrected chi connectivity index (χ3v) is 9.48. The van der Waals surface area contributed by atoms with Gasteiger partial charge in [-0.1, -0.05) is 48.6 Å². The highest BCUT2D eigenvalue weighted by molar-refractivity contribution is 7.52. The second-order valence-corrected chi connectivity index (χ2v) is 13.3. The maximum absolute atomic E-state index is 14.4. The van der Waals surface area contributed by atoms with Gasteiger partial charge in [-0.2, -0.15) is 15.1 Å². The van der Waals surface area contributed by atoms with E-state index in [1.54, 1.807) is 36.4 Å². The largest absolute Gasteiger partial charge is 0.476 e. The summed E-state index contributed by atoms with van der Waals surface area (Å²) >= 11 is 0. The molecule has 3 unspecified atom stereocenters. The molecule has 1 aliphatic rings. The number of aliphatic hydroxyl groups excluding tert-OH is 1. The van der Waals surface area contributed by atoms with E-state index in [1.807, 2.05) is 18.2 Å². The Labute approximate surface area is 283 Å². The summed E-state index contributed by atoms with van der Waals surface area (Å²) in [6.45, 7) is 10.1. The molecule has 0 aliphatic carbocycles. The number of nitrogens with two attached hydrogens (primary N) is 1. The number of nitrogen functional groups attached to an aromatic ring is 1. The zero-order valence-electron chi connectivity index (χ0n) is 27.3. The summed E-state index contributed by atoms with van der Waals surface area (Å²) in [5, 5.41) is 26.8. The lowest BCUT2D eigenvalue weighted by atomic mass is 9.96. The van der Waals surface area contributed by atoms with Gasteiger partial charge in [0.05, 0.1) is 26.1 Å². The average Bonchev–Trinajstić information content (AvgIpc) is 3.59. The van der Waals surface area contributed by atoms with Crippen LogP contribution < -0.4 is 20.1 Å². The quantitative estimate of drug-likeness (QED) is 0.0529. The Morgan fingerprint density at radius 3 is 2.71 bits per heavy atom. The van der Waals surface area contributed by atoms with Gasteiger partial charge in [0.1, 0.15) is 29.6 Å². The van der Waals surface area contributed by atoms with Gasteiger partial charge in [0.25, 0.3) is 0 Å². The normalized spacial score (nSPS) is 22.4. The minimum absolute atomic E-state index is 0.105. The molecule has 0 saturated carbocycles. The van der Waals surface area contributed by atoms with Crippen LogP contribution in [0.2, 0.25) is 0 Å². The molecule has 0 spiro atoms. The molecule has 4 aromatic rings. The predicted molar refractivity (Wildman–Crippen MR) is 182 cm³/mol. The Bertz CT molecular complexity index is 1840. The molecule has 5 N–H and O–H groups in total. The van der Waals surface area contributed by atoms with Gasteiger partial charge in [0, 0.05) is 5.39 Å². The molecule has 6 atom stereocenters. The van der Waals surface area contributed by atoms with Crippen molar-refractivity contribution in [1.29, 1.82) is 0 Å². The van der Waals surface area contributed by atoms with Crippen LogP contribution in [0, 0.1) is 0 Å². The first-order chi connectivity index (χ1) is 23.5. The number of anilines is 1. The van der Waals surface area contributed by atoms with Gasteiger partial charge in [-0.3, -0.25) is 13.9 Å². The van der Waals surface area contributed by atoms with Crippen LogP contribution in [0.15, 0.2) is 74.1 Å². The minimum Gasteiger partial charge on any atom is -0.476 e. The smallest absolute Gasteiger partial charge is 0.459 e. The zero-order chi connectivity index (χ0) is 35.2. The lowest BCUT2D eigenvalue weighted by Crippen LogP contribution is -2.44. The maximum atomic E-state index is 14.4. The number of allylic oxidation sites excluding steroid dienone is 1. The standard InChI is InChI=1S/C33H41N6O9P/c1-5-7-11-18-45-30(41)21(3)38-49(43,48-24-16-12-14-22-13-9-10-15-23(22)24)46-19-25-27(40)33(4,42)31(47-25)39-20-35-26-28(39)36-32(34)37-29(26)44-17-8-6-2/h5-6,9-10,12-16,20-21,25,27,31,40,42H,1-2,7-8,11,17-19H2,3-4H3,(H,38,43)(H2,34,36,37)/t21-,25?,27+,31?,33+,49?/m0/s1. The van der Waals surface area contributed by atoms with E-state index >= 15 is 0 Å². The number of hydrogen-bond donors (Lipinski definition) is 4. The summed E-state index contributed by atoms with van der Waals surface area (Å²) in [5.41, 5.74) is 4.48. The molecule has 0 radical (unpaired) electrons. The summed E-state index contributed by atoms with van der Waals surface area (Å²) in [6, 6.07) is 11.4. The number of unbranched alkanes of at least 4 members (excludes halogenated alkanes) is 1. The average molecular weight is 697 g/mol. The number of imidazole rings is 1. The van der Waals surface area contributed by atoms with E-state index in [0.717, 1.165) is 5.39 Å². The first kappa shape index (κ1) is 35.9. The SMILES string of the molecule is C=CCCCOC(=O)[C@H](C)NP(=O)(OCC1OC(n2cnc3c(OCCC=C)nc(N)nc32)[C@](C)(O)[C@@H]1O)Oc1cccc2ccccc12. The Kier molecular flexibility index (Phi) is 11.3. The molecular weight excluding hydrogens is 655 g/mol. The van der Waals surface area contributed by atoms with E-state index in [0.29, 0.717) is 24.6 Å². The number of benzene rings is 2. The van der Waals surface area contributed by atoms with Gasteiger partial charge in [0.15, 0.2) is 17.4 Å². The number of ether oxygens (including phenoxy) is 3. The first-order valence-electron chi connectivity index (χ1n) is 15.7. The van der Waals surface area contributed by atoms with Crippen molar-refractivity contribution in [3.63, 3.8) is 0 Å². The highest BCUT2D eigenvalue weighted by Crippen LogP contribution is 2.48. The fraction of sp³-hybridized carbons (Fsp3) is 0.394. The molecule has 0 bridgehead atoms. The highest BCUT2D eigenvalue weighted by atomic mass is 31.2. The van der Waals surface area contributed by atoms with Crippen LogP contribution in [0.3, 0.4) is 0 Å². The lowest BCUT2D eigenvalue weighted by molar-refractivity contribution is -0.145. The van der Waals surface area contributed by atoms with Crippen LogP contribution in [0.4, 0.5) is 5.95 Å². The zero-order valence-corrected chi connectivity index (χ0v) is 28.2. The number of fused-ring (bicyclic) bond motifs is 2. The van der Waals surface area contributed by atoms with E-state index in [9.17, 15) is 19.6 Å². The summed E-state index contributed by atoms with van der Waals surface area (Å²) in [5.74, 6) is -0.416. The van der Waals surface area contributed by atoms with Gasteiger partial charge in [0.2, 0.25) is 11.8 Å². The van der Waals surface area contributed by atoms with Crippen LogP contribution in [-0.4, -0.2) is 79.4 Å². The van der Waals surface area contributed by atoms with Crippen molar-refractivity contribution in [3.8, 4) is 11.6 Å². The number of aromatic nitrogens is 4. The van der Waals surface area contributed by atoms with E-state index in [4.69, 9.17) is 29.0 Å². The van der Waals surface area contributed by atoms with Crippen molar-refractivity contribution in [2.45, 2.75) is 63.2 Å². The predicted octanol–water partition coefficient (Wildman–Crippen LogP) is 4.22. The number of nitrogens with one attached hydrogen (secondary N) is 1. The van der Waals surface area contributed by atoms with Gasteiger partial charge < -0.3 is 34.7 Å². The number of esters is 1. The maximum Gasteiger partial charge on any atom is 0.459 e. The monoisotopic (exact) mass is 696 g/mol. The third kappa shape index (κ3) is 8.10. The highest BCUT2D eigenvalue weighted by Gasteiger charge is 2.54. The molecule has 0 amide bonds. The van der Waals surface area contributed by atoms with Gasteiger partial charge in [-0.25, -0.2) is 9.55 Å². The Morgan fingerprint density at radius 1 is 1.18 bits per heavy atom. The molecular formula is C33H41N6O9P. The summed E-state index contributed by atoms with van der Waals surface area (Å²) in [4.78, 5) is 25.5. The van der Waals surface area contributed by atoms with Crippen molar-refractivity contribution in [2.75, 3.05) is 25.6 Å². The van der Waals surface area contributed by atoms with Gasteiger partial charge in [-0.15, -0.1) is 13.2 Å². The van der Waals surface area contributed by atoms with Crippen LogP contribution in [0.5, 0.6) is 11.6 Å². The number of carbonyl (C=O) groups excluding carboxylic acids is 1. The first-order valence-corrected chi connectivity index (χ1v) is 17.3. The number of rotatable bonds is 17. The third-order valence-electron chi connectivity index (χ3n) is 7.85. The van der Waals surface area contributed by atoms with E-state index in [2.05, 4.69) is 33.2 Å². The van der Waals surface area contributed by atoms with Crippen molar-refractivity contribution in [1.82, 2.24) is 24.6 Å². The topological polar surface area (TPSA) is 202 Å². The molecule has 262 valence electrons. The second-order valence-electron chi connectivity index (χ2n) is 11.6.